The van der Waals surface area contributed by atoms with E-state index in [0.717, 1.165) is 43.6 Å². The van der Waals surface area contributed by atoms with E-state index in [1.165, 1.54) is 0 Å². The second kappa shape index (κ2) is 9.45. The number of ether oxygens (including phenoxy) is 1. The largest absolute Gasteiger partial charge is 0.465 e. The Kier molecular flexibility index (Phi) is 6.97. The summed E-state index contributed by atoms with van der Waals surface area (Å²) in [5.74, 6) is 4.08. The van der Waals surface area contributed by atoms with Gasteiger partial charge in [0.1, 0.15) is 17.3 Å². The molecule has 0 radical (unpaired) electrons. The molecule has 0 bridgehead atoms. The maximum Gasteiger partial charge on any atom is 0.213 e. The Morgan fingerprint density at radius 3 is 2.55 bits per heavy atom. The third-order valence-electron chi connectivity index (χ3n) is 4.96. The van der Waals surface area contributed by atoms with E-state index in [1.54, 1.807) is 13.2 Å². The van der Waals surface area contributed by atoms with E-state index in [-0.39, 0.29) is 11.5 Å². The summed E-state index contributed by atoms with van der Waals surface area (Å²) in [5.41, 5.74) is -0.0578. The predicted octanol–water partition coefficient (Wildman–Crippen LogP) is 2.61. The van der Waals surface area contributed by atoms with Gasteiger partial charge in [-0.2, -0.15) is 0 Å². The predicted molar refractivity (Wildman–Crippen MR) is 112 cm³/mol. The second-order valence-electron chi connectivity index (χ2n) is 8.29. The molecule has 29 heavy (non-hydrogen) atoms. The lowest BCUT2D eigenvalue weighted by Gasteiger charge is -2.33. The summed E-state index contributed by atoms with van der Waals surface area (Å²) in [4.78, 5) is 11.1. The maximum atomic E-state index is 5.92. The van der Waals surface area contributed by atoms with Crippen molar-refractivity contribution in [1.82, 2.24) is 20.5 Å². The van der Waals surface area contributed by atoms with Gasteiger partial charge in [0.25, 0.3) is 0 Å². The first kappa shape index (κ1) is 21.4. The van der Waals surface area contributed by atoms with Crippen LogP contribution in [0.2, 0.25) is 0 Å². The van der Waals surface area contributed by atoms with Crippen molar-refractivity contribution in [3.63, 3.8) is 0 Å². The number of furan rings is 1. The third-order valence-corrected chi connectivity index (χ3v) is 4.96. The second-order valence-corrected chi connectivity index (χ2v) is 8.29. The van der Waals surface area contributed by atoms with E-state index in [0.29, 0.717) is 24.9 Å². The van der Waals surface area contributed by atoms with Crippen LogP contribution < -0.4 is 10.6 Å². The topological polar surface area (TPSA) is 88.1 Å². The summed E-state index contributed by atoms with van der Waals surface area (Å²) in [5, 5.41) is 6.68. The van der Waals surface area contributed by atoms with Crippen molar-refractivity contribution >= 4 is 5.96 Å². The molecule has 1 unspecified atom stereocenters. The number of aliphatic imine (C=N–C) groups is 1. The van der Waals surface area contributed by atoms with E-state index in [4.69, 9.17) is 13.6 Å². The van der Waals surface area contributed by atoms with Gasteiger partial charge in [0, 0.05) is 32.1 Å². The average molecular weight is 404 g/mol. The lowest BCUT2D eigenvalue weighted by molar-refractivity contribution is 0.0124. The molecule has 160 valence electrons. The maximum absolute atomic E-state index is 5.92. The van der Waals surface area contributed by atoms with Gasteiger partial charge in [-0.25, -0.2) is 4.98 Å². The van der Waals surface area contributed by atoms with Crippen molar-refractivity contribution < 1.29 is 13.6 Å². The molecular formula is C21H33N5O3. The molecule has 8 heteroatoms. The van der Waals surface area contributed by atoms with Crippen molar-refractivity contribution in [2.45, 2.75) is 45.7 Å². The average Bonchev–Trinajstić information content (AvgIpc) is 3.34. The Morgan fingerprint density at radius 2 is 1.97 bits per heavy atom. The fourth-order valence-electron chi connectivity index (χ4n) is 3.24. The van der Waals surface area contributed by atoms with Gasteiger partial charge in [-0.15, -0.1) is 0 Å². The highest BCUT2D eigenvalue weighted by atomic mass is 16.5. The molecule has 0 saturated carbocycles. The standard InChI is InChI=1S/C21H33N5O3/c1-15-6-7-17(28-15)16(26-8-10-27-11-9-26)12-24-20(22-5)25-14-19-23-13-18(29-19)21(2,3)4/h6-7,13,16H,8-12,14H2,1-5H3,(H2,22,24,25). The molecule has 8 nitrogen and oxygen atoms in total. The first-order valence-corrected chi connectivity index (χ1v) is 10.1. The quantitative estimate of drug-likeness (QED) is 0.566. The highest BCUT2D eigenvalue weighted by Gasteiger charge is 2.25. The number of hydrogen-bond donors (Lipinski definition) is 2. The fraction of sp³-hybridized carbons (Fsp3) is 0.619. The number of aromatic nitrogens is 1. The Bertz CT molecular complexity index is 799. The number of nitrogens with zero attached hydrogens (tertiary/aromatic N) is 3. The van der Waals surface area contributed by atoms with Crippen LogP contribution in [0, 0.1) is 6.92 Å². The van der Waals surface area contributed by atoms with Crippen molar-refractivity contribution in [3.05, 3.63) is 41.5 Å². The zero-order valence-electron chi connectivity index (χ0n) is 18.1. The molecule has 2 N–H and O–H groups in total. The monoisotopic (exact) mass is 403 g/mol. The number of hydrogen-bond acceptors (Lipinski definition) is 6. The van der Waals surface area contributed by atoms with Crippen LogP contribution in [0.3, 0.4) is 0 Å². The van der Waals surface area contributed by atoms with Crippen molar-refractivity contribution in [3.8, 4) is 0 Å². The smallest absolute Gasteiger partial charge is 0.213 e. The Hall–Kier alpha value is -2.32. The molecule has 0 amide bonds. The van der Waals surface area contributed by atoms with Crippen LogP contribution in [0.15, 0.2) is 32.2 Å². The SMILES string of the molecule is CN=C(NCc1ncc(C(C)(C)C)o1)NCC(c1ccc(C)o1)N1CCOCC1. The van der Waals surface area contributed by atoms with Crippen LogP contribution >= 0.6 is 0 Å². The van der Waals surface area contributed by atoms with E-state index in [1.807, 2.05) is 19.1 Å². The molecule has 2 aromatic heterocycles. The van der Waals surface area contributed by atoms with Crippen LogP contribution in [0.5, 0.6) is 0 Å². The highest BCUT2D eigenvalue weighted by Crippen LogP contribution is 2.24. The van der Waals surface area contributed by atoms with Crippen LogP contribution in [0.4, 0.5) is 0 Å². The van der Waals surface area contributed by atoms with Crippen molar-refractivity contribution in [2.75, 3.05) is 39.9 Å². The molecular weight excluding hydrogens is 370 g/mol. The van der Waals surface area contributed by atoms with Crippen LogP contribution in [0.25, 0.3) is 0 Å². The summed E-state index contributed by atoms with van der Waals surface area (Å²) in [6.07, 6.45) is 1.79. The molecule has 2 aromatic rings. The Morgan fingerprint density at radius 1 is 1.21 bits per heavy atom. The summed E-state index contributed by atoms with van der Waals surface area (Å²) in [6.45, 7) is 12.7. The van der Waals surface area contributed by atoms with Gasteiger partial charge in [-0.05, 0) is 19.1 Å². The molecule has 1 aliphatic heterocycles. The van der Waals surface area contributed by atoms with Gasteiger partial charge in [0.2, 0.25) is 5.89 Å². The molecule has 3 heterocycles. The first-order valence-electron chi connectivity index (χ1n) is 10.1. The fourth-order valence-corrected chi connectivity index (χ4v) is 3.24. The van der Waals surface area contributed by atoms with E-state index < -0.39 is 0 Å². The summed E-state index contributed by atoms with van der Waals surface area (Å²) in [7, 11) is 1.76. The van der Waals surface area contributed by atoms with Gasteiger partial charge in [0.05, 0.1) is 32.0 Å². The Balaban J connectivity index is 1.59. The van der Waals surface area contributed by atoms with E-state index >= 15 is 0 Å². The normalized spacial score (nSPS) is 17.3. The van der Waals surface area contributed by atoms with Gasteiger partial charge in [-0.1, -0.05) is 20.8 Å². The molecule has 1 aliphatic rings. The third kappa shape index (κ3) is 5.83. The number of nitrogens with one attached hydrogen (secondary N) is 2. The van der Waals surface area contributed by atoms with Crippen LogP contribution in [-0.2, 0) is 16.7 Å². The summed E-state index contributed by atoms with van der Waals surface area (Å²) in [6, 6.07) is 4.17. The molecule has 0 spiro atoms. The van der Waals surface area contributed by atoms with E-state index in [2.05, 4.69) is 46.3 Å². The van der Waals surface area contributed by atoms with Crippen LogP contribution in [-0.4, -0.2) is 55.7 Å². The summed E-state index contributed by atoms with van der Waals surface area (Å²) >= 11 is 0. The minimum Gasteiger partial charge on any atom is -0.465 e. The molecule has 3 rings (SSSR count). The minimum absolute atomic E-state index is 0.0578. The molecule has 1 atom stereocenters. The molecule has 0 aliphatic carbocycles. The zero-order chi connectivity index (χ0) is 20.9. The number of oxazole rings is 1. The number of morpholine rings is 1. The number of guanidine groups is 1. The van der Waals surface area contributed by atoms with Crippen molar-refractivity contribution in [2.24, 2.45) is 4.99 Å². The lowest BCUT2D eigenvalue weighted by atomic mass is 9.94. The van der Waals surface area contributed by atoms with E-state index in [9.17, 15) is 0 Å². The minimum atomic E-state index is -0.0578. The highest BCUT2D eigenvalue weighted by molar-refractivity contribution is 5.79. The lowest BCUT2D eigenvalue weighted by Crippen LogP contribution is -2.46. The van der Waals surface area contributed by atoms with Gasteiger partial charge in [0.15, 0.2) is 5.96 Å². The number of aryl methyl sites for hydroxylation is 1. The zero-order valence-corrected chi connectivity index (χ0v) is 18.1. The first-order chi connectivity index (χ1) is 13.9. The van der Waals surface area contributed by atoms with Crippen molar-refractivity contribution in [1.29, 1.82) is 0 Å². The summed E-state index contributed by atoms with van der Waals surface area (Å²) < 4.78 is 17.3. The van der Waals surface area contributed by atoms with Gasteiger partial charge >= 0.3 is 0 Å². The molecule has 0 aromatic carbocycles. The van der Waals surface area contributed by atoms with Gasteiger partial charge < -0.3 is 24.2 Å². The molecule has 1 fully saturated rings. The van der Waals surface area contributed by atoms with Gasteiger partial charge in [-0.3, -0.25) is 9.89 Å². The number of rotatable bonds is 6. The van der Waals surface area contributed by atoms with Crippen LogP contribution in [0.1, 0.15) is 50.0 Å². The molecule has 1 saturated heterocycles. The Labute approximate surface area is 172 Å².